The van der Waals surface area contributed by atoms with Gasteiger partial charge in [-0.05, 0) is 39.4 Å². The summed E-state index contributed by atoms with van der Waals surface area (Å²) >= 11 is 0. The Morgan fingerprint density at radius 2 is 1.94 bits per heavy atom. The standard InChI is InChI=1S/C14H21N3O/c1-10-5-13(9-18)6-15-14(10)17-7-11(2)16(4)12(3)8-17/h5-6,9,11-12H,7-8H2,1-4H3. The Kier molecular flexibility index (Phi) is 3.66. The van der Waals surface area contributed by atoms with Crippen molar-refractivity contribution < 1.29 is 4.79 Å². The molecule has 4 nitrogen and oxygen atoms in total. The Labute approximate surface area is 109 Å². The Balaban J connectivity index is 2.24. The monoisotopic (exact) mass is 247 g/mol. The fourth-order valence-electron chi connectivity index (χ4n) is 2.56. The predicted molar refractivity (Wildman–Crippen MR) is 73.3 cm³/mol. The van der Waals surface area contributed by atoms with E-state index >= 15 is 0 Å². The van der Waals surface area contributed by atoms with Gasteiger partial charge in [-0.3, -0.25) is 9.69 Å². The number of piperazine rings is 1. The number of carbonyl (C=O) groups excluding carboxylic acids is 1. The van der Waals surface area contributed by atoms with Gasteiger partial charge in [0.1, 0.15) is 5.82 Å². The fourth-order valence-corrected chi connectivity index (χ4v) is 2.56. The number of anilines is 1. The van der Waals surface area contributed by atoms with Crippen LogP contribution in [0.2, 0.25) is 0 Å². The number of aromatic nitrogens is 1. The van der Waals surface area contributed by atoms with Crippen LogP contribution < -0.4 is 4.90 Å². The van der Waals surface area contributed by atoms with Crippen molar-refractivity contribution in [1.29, 1.82) is 0 Å². The lowest BCUT2D eigenvalue weighted by Crippen LogP contribution is -2.55. The van der Waals surface area contributed by atoms with Crippen LogP contribution in [0.1, 0.15) is 29.8 Å². The van der Waals surface area contributed by atoms with Crippen LogP contribution in [0.25, 0.3) is 0 Å². The lowest BCUT2D eigenvalue weighted by molar-refractivity contribution is 0.112. The quantitative estimate of drug-likeness (QED) is 0.746. The number of carbonyl (C=O) groups is 1. The molecule has 1 saturated heterocycles. The zero-order chi connectivity index (χ0) is 13.3. The van der Waals surface area contributed by atoms with E-state index in [-0.39, 0.29) is 0 Å². The van der Waals surface area contributed by atoms with Crippen LogP contribution in [0.4, 0.5) is 5.82 Å². The average Bonchev–Trinajstić information content (AvgIpc) is 2.35. The Morgan fingerprint density at radius 3 is 2.44 bits per heavy atom. The molecular formula is C14H21N3O. The van der Waals surface area contributed by atoms with E-state index in [1.807, 2.05) is 13.0 Å². The molecule has 0 aromatic carbocycles. The SMILES string of the molecule is Cc1cc(C=O)cnc1N1CC(C)N(C)C(C)C1. The van der Waals surface area contributed by atoms with Crippen molar-refractivity contribution in [3.8, 4) is 0 Å². The van der Waals surface area contributed by atoms with Crippen LogP contribution in [0.3, 0.4) is 0 Å². The smallest absolute Gasteiger partial charge is 0.151 e. The molecule has 1 aliphatic rings. The topological polar surface area (TPSA) is 36.4 Å². The molecule has 0 saturated carbocycles. The summed E-state index contributed by atoms with van der Waals surface area (Å²) in [5.41, 5.74) is 1.72. The number of likely N-dealkylation sites (N-methyl/N-ethyl adjacent to an activating group) is 1. The van der Waals surface area contributed by atoms with Gasteiger partial charge in [0, 0.05) is 36.9 Å². The maximum Gasteiger partial charge on any atom is 0.151 e. The normalized spacial score (nSPS) is 25.2. The molecule has 0 spiro atoms. The van der Waals surface area contributed by atoms with E-state index in [2.05, 4.69) is 35.7 Å². The zero-order valence-corrected chi connectivity index (χ0v) is 11.6. The first kappa shape index (κ1) is 13.0. The number of rotatable bonds is 2. The molecule has 1 fully saturated rings. The van der Waals surface area contributed by atoms with E-state index in [0.717, 1.165) is 30.8 Å². The summed E-state index contributed by atoms with van der Waals surface area (Å²) in [6.45, 7) is 8.45. The van der Waals surface area contributed by atoms with E-state index in [4.69, 9.17) is 0 Å². The van der Waals surface area contributed by atoms with Crippen LogP contribution in [-0.2, 0) is 0 Å². The fraction of sp³-hybridized carbons (Fsp3) is 0.571. The van der Waals surface area contributed by atoms with Gasteiger partial charge in [-0.1, -0.05) is 0 Å². The molecule has 1 aliphatic heterocycles. The van der Waals surface area contributed by atoms with Gasteiger partial charge in [-0.25, -0.2) is 4.98 Å². The van der Waals surface area contributed by atoms with E-state index in [0.29, 0.717) is 17.6 Å². The third-order valence-electron chi connectivity index (χ3n) is 3.87. The molecule has 4 heteroatoms. The van der Waals surface area contributed by atoms with Gasteiger partial charge >= 0.3 is 0 Å². The summed E-state index contributed by atoms with van der Waals surface area (Å²) in [5.74, 6) is 1.01. The summed E-state index contributed by atoms with van der Waals surface area (Å²) in [7, 11) is 2.17. The summed E-state index contributed by atoms with van der Waals surface area (Å²) in [6, 6.07) is 2.93. The lowest BCUT2D eigenvalue weighted by Gasteiger charge is -2.43. The van der Waals surface area contributed by atoms with Crippen molar-refractivity contribution in [2.45, 2.75) is 32.9 Å². The second-order valence-corrected chi connectivity index (χ2v) is 5.30. The largest absolute Gasteiger partial charge is 0.353 e. The van der Waals surface area contributed by atoms with Crippen LogP contribution >= 0.6 is 0 Å². The minimum absolute atomic E-state index is 0.515. The molecule has 0 N–H and O–H groups in total. The van der Waals surface area contributed by atoms with Crippen molar-refractivity contribution in [2.75, 3.05) is 25.0 Å². The summed E-state index contributed by atoms with van der Waals surface area (Å²) in [5, 5.41) is 0. The molecule has 2 unspecified atom stereocenters. The molecule has 0 amide bonds. The van der Waals surface area contributed by atoms with Crippen LogP contribution in [0.15, 0.2) is 12.3 Å². The number of hydrogen-bond donors (Lipinski definition) is 0. The van der Waals surface area contributed by atoms with E-state index in [1.54, 1.807) is 6.20 Å². The zero-order valence-electron chi connectivity index (χ0n) is 11.6. The summed E-state index contributed by atoms with van der Waals surface area (Å²) < 4.78 is 0. The number of aldehydes is 1. The highest BCUT2D eigenvalue weighted by atomic mass is 16.1. The minimum atomic E-state index is 0.515. The highest BCUT2D eigenvalue weighted by Crippen LogP contribution is 2.22. The van der Waals surface area contributed by atoms with Gasteiger partial charge in [0.25, 0.3) is 0 Å². The molecule has 2 heterocycles. The minimum Gasteiger partial charge on any atom is -0.353 e. The van der Waals surface area contributed by atoms with Gasteiger partial charge in [0.05, 0.1) is 0 Å². The first-order valence-corrected chi connectivity index (χ1v) is 6.41. The first-order valence-electron chi connectivity index (χ1n) is 6.41. The van der Waals surface area contributed by atoms with E-state index in [9.17, 15) is 4.79 Å². The second kappa shape index (κ2) is 5.06. The molecule has 0 aliphatic carbocycles. The molecule has 2 atom stereocenters. The van der Waals surface area contributed by atoms with Crippen LogP contribution in [-0.4, -0.2) is 48.4 Å². The van der Waals surface area contributed by atoms with Gasteiger partial charge in [0.15, 0.2) is 6.29 Å². The number of pyridine rings is 1. The van der Waals surface area contributed by atoms with Crippen molar-refractivity contribution in [2.24, 2.45) is 0 Å². The summed E-state index contributed by atoms with van der Waals surface area (Å²) in [4.78, 5) is 19.9. The van der Waals surface area contributed by atoms with Gasteiger partial charge < -0.3 is 4.90 Å². The Morgan fingerprint density at radius 1 is 1.33 bits per heavy atom. The number of hydrogen-bond acceptors (Lipinski definition) is 4. The Hall–Kier alpha value is -1.42. The molecule has 1 aromatic rings. The lowest BCUT2D eigenvalue weighted by atomic mass is 10.1. The van der Waals surface area contributed by atoms with Gasteiger partial charge in [-0.2, -0.15) is 0 Å². The van der Waals surface area contributed by atoms with Crippen LogP contribution in [0.5, 0.6) is 0 Å². The highest BCUT2D eigenvalue weighted by Gasteiger charge is 2.27. The molecule has 0 radical (unpaired) electrons. The maximum atomic E-state index is 10.7. The third-order valence-corrected chi connectivity index (χ3v) is 3.87. The molecule has 1 aromatic heterocycles. The first-order chi connectivity index (χ1) is 8.52. The number of aryl methyl sites for hydroxylation is 1. The highest BCUT2D eigenvalue weighted by molar-refractivity contribution is 5.75. The van der Waals surface area contributed by atoms with Gasteiger partial charge in [0.2, 0.25) is 0 Å². The molecular weight excluding hydrogens is 226 g/mol. The maximum absolute atomic E-state index is 10.7. The van der Waals surface area contributed by atoms with Crippen molar-refractivity contribution in [1.82, 2.24) is 9.88 Å². The predicted octanol–water partition coefficient (Wildman–Crippen LogP) is 1.73. The Bertz CT molecular complexity index is 435. The van der Waals surface area contributed by atoms with Crippen LogP contribution in [0, 0.1) is 6.92 Å². The van der Waals surface area contributed by atoms with Crippen molar-refractivity contribution in [3.05, 3.63) is 23.4 Å². The van der Waals surface area contributed by atoms with E-state index < -0.39 is 0 Å². The van der Waals surface area contributed by atoms with Crippen molar-refractivity contribution >= 4 is 12.1 Å². The molecule has 18 heavy (non-hydrogen) atoms. The van der Waals surface area contributed by atoms with E-state index in [1.165, 1.54) is 0 Å². The number of nitrogens with zero attached hydrogens (tertiary/aromatic N) is 3. The summed E-state index contributed by atoms with van der Waals surface area (Å²) in [6.07, 6.45) is 2.50. The average molecular weight is 247 g/mol. The van der Waals surface area contributed by atoms with Gasteiger partial charge in [-0.15, -0.1) is 0 Å². The second-order valence-electron chi connectivity index (χ2n) is 5.30. The van der Waals surface area contributed by atoms with Crippen molar-refractivity contribution in [3.63, 3.8) is 0 Å². The third kappa shape index (κ3) is 2.38. The molecule has 98 valence electrons. The molecule has 0 bridgehead atoms. The molecule has 2 rings (SSSR count).